The number of piperazine rings is 1. The standard InChI is InChI=1S/C21H32N6OS/c1-5-16-8-6-7-9-17(16)22-18(28)14-25-10-12-26(13-11-25)15-27-20(29)23-19(24-27)21(2,3)4/h6-9H,5,10-15H2,1-4H3,(H,22,28)(H,23,24,29). The quantitative estimate of drug-likeness (QED) is 0.709. The highest BCUT2D eigenvalue weighted by Gasteiger charge is 2.22. The second kappa shape index (κ2) is 9.19. The van der Waals surface area contributed by atoms with Crippen LogP contribution in [0.15, 0.2) is 24.3 Å². The van der Waals surface area contributed by atoms with Crippen molar-refractivity contribution in [3.05, 3.63) is 40.4 Å². The Morgan fingerprint density at radius 3 is 2.45 bits per heavy atom. The van der Waals surface area contributed by atoms with Crippen LogP contribution < -0.4 is 5.32 Å². The number of hydrogen-bond donors (Lipinski definition) is 2. The highest BCUT2D eigenvalue weighted by molar-refractivity contribution is 7.71. The number of H-pyrrole nitrogens is 1. The van der Waals surface area contributed by atoms with E-state index in [4.69, 9.17) is 12.2 Å². The molecule has 158 valence electrons. The number of aromatic amines is 1. The molecule has 0 radical (unpaired) electrons. The summed E-state index contributed by atoms with van der Waals surface area (Å²) in [7, 11) is 0. The molecule has 2 aromatic rings. The fraction of sp³-hybridized carbons (Fsp3) is 0.571. The first kappa shape index (κ1) is 21.7. The number of rotatable bonds is 6. The molecule has 7 nitrogen and oxygen atoms in total. The molecule has 0 aliphatic carbocycles. The lowest BCUT2D eigenvalue weighted by atomic mass is 9.96. The van der Waals surface area contributed by atoms with Gasteiger partial charge in [0.15, 0.2) is 0 Å². The summed E-state index contributed by atoms with van der Waals surface area (Å²) in [5.74, 6) is 0.954. The third-order valence-electron chi connectivity index (χ3n) is 5.24. The zero-order valence-electron chi connectivity index (χ0n) is 17.9. The van der Waals surface area contributed by atoms with Gasteiger partial charge >= 0.3 is 0 Å². The number of para-hydroxylation sites is 1. The second-order valence-corrected chi connectivity index (χ2v) is 8.99. The van der Waals surface area contributed by atoms with E-state index in [0.29, 0.717) is 18.0 Å². The van der Waals surface area contributed by atoms with E-state index in [9.17, 15) is 4.79 Å². The molecule has 1 fully saturated rings. The molecule has 1 saturated heterocycles. The fourth-order valence-corrected chi connectivity index (χ4v) is 3.61. The highest BCUT2D eigenvalue weighted by atomic mass is 32.1. The Morgan fingerprint density at radius 2 is 1.83 bits per heavy atom. The van der Waals surface area contributed by atoms with Gasteiger partial charge in [-0.3, -0.25) is 19.7 Å². The SMILES string of the molecule is CCc1ccccc1NC(=O)CN1CCN(Cn2[nH]c(C(C)(C)C)nc2=S)CC1. The van der Waals surface area contributed by atoms with Gasteiger partial charge in [0.05, 0.1) is 13.2 Å². The molecule has 2 heterocycles. The average molecular weight is 417 g/mol. The molecule has 1 aliphatic rings. The summed E-state index contributed by atoms with van der Waals surface area (Å²) in [6.07, 6.45) is 0.905. The van der Waals surface area contributed by atoms with Crippen LogP contribution in [0.1, 0.15) is 39.1 Å². The van der Waals surface area contributed by atoms with E-state index >= 15 is 0 Å². The van der Waals surface area contributed by atoms with E-state index in [-0.39, 0.29) is 11.3 Å². The zero-order chi connectivity index (χ0) is 21.0. The Hall–Kier alpha value is -2.03. The Balaban J connectivity index is 1.49. The van der Waals surface area contributed by atoms with Crippen LogP contribution in [0.3, 0.4) is 0 Å². The third-order valence-corrected chi connectivity index (χ3v) is 5.55. The van der Waals surface area contributed by atoms with E-state index in [2.05, 4.69) is 59.0 Å². The normalized spacial score (nSPS) is 16.1. The first-order chi connectivity index (χ1) is 13.8. The molecule has 2 N–H and O–H groups in total. The molecule has 1 amide bonds. The van der Waals surface area contributed by atoms with Crippen LogP contribution in [0.5, 0.6) is 0 Å². The predicted molar refractivity (Wildman–Crippen MR) is 119 cm³/mol. The Kier molecular flexibility index (Phi) is 6.87. The molecule has 29 heavy (non-hydrogen) atoms. The van der Waals surface area contributed by atoms with Gasteiger partial charge in [-0.25, -0.2) is 9.67 Å². The van der Waals surface area contributed by atoms with Gasteiger partial charge in [-0.1, -0.05) is 45.9 Å². The molecule has 8 heteroatoms. The lowest BCUT2D eigenvalue weighted by Crippen LogP contribution is -2.49. The summed E-state index contributed by atoms with van der Waals surface area (Å²) in [6.45, 7) is 13.1. The summed E-state index contributed by atoms with van der Waals surface area (Å²) >= 11 is 5.40. The maximum atomic E-state index is 12.5. The van der Waals surface area contributed by atoms with Gasteiger partial charge in [-0.2, -0.15) is 0 Å². The Morgan fingerprint density at radius 1 is 1.17 bits per heavy atom. The smallest absolute Gasteiger partial charge is 0.238 e. The minimum atomic E-state index is -0.0543. The predicted octanol–water partition coefficient (Wildman–Crippen LogP) is 3.01. The van der Waals surface area contributed by atoms with Crippen molar-refractivity contribution >= 4 is 23.8 Å². The van der Waals surface area contributed by atoms with Gasteiger partial charge in [-0.05, 0) is 30.3 Å². The van der Waals surface area contributed by atoms with E-state index < -0.39 is 0 Å². The monoisotopic (exact) mass is 416 g/mol. The number of benzene rings is 1. The number of aromatic nitrogens is 3. The number of hydrogen-bond acceptors (Lipinski definition) is 5. The molecule has 0 saturated carbocycles. The molecular weight excluding hydrogens is 384 g/mol. The summed E-state index contributed by atoms with van der Waals surface area (Å²) in [4.78, 5) is 21.5. The van der Waals surface area contributed by atoms with E-state index in [0.717, 1.165) is 49.7 Å². The lowest BCUT2D eigenvalue weighted by molar-refractivity contribution is -0.117. The molecule has 0 spiro atoms. The van der Waals surface area contributed by atoms with Crippen LogP contribution in [0.2, 0.25) is 0 Å². The van der Waals surface area contributed by atoms with Gasteiger partial charge in [0.25, 0.3) is 0 Å². The number of nitrogens with one attached hydrogen (secondary N) is 2. The van der Waals surface area contributed by atoms with Gasteiger partial charge in [-0.15, -0.1) is 0 Å². The minimum Gasteiger partial charge on any atom is -0.325 e. The number of carbonyl (C=O) groups is 1. The molecule has 0 atom stereocenters. The first-order valence-electron chi connectivity index (χ1n) is 10.3. The molecule has 1 aromatic heterocycles. The van der Waals surface area contributed by atoms with Gasteiger partial charge in [0, 0.05) is 37.3 Å². The van der Waals surface area contributed by atoms with Crippen LogP contribution in [-0.4, -0.2) is 63.2 Å². The van der Waals surface area contributed by atoms with E-state index in [1.54, 1.807) is 0 Å². The van der Waals surface area contributed by atoms with Crippen LogP contribution in [0.25, 0.3) is 0 Å². The van der Waals surface area contributed by atoms with Crippen molar-refractivity contribution in [2.45, 2.75) is 46.2 Å². The fourth-order valence-electron chi connectivity index (χ4n) is 3.42. The molecular formula is C21H32N6OS. The van der Waals surface area contributed by atoms with Crippen molar-refractivity contribution in [1.82, 2.24) is 24.6 Å². The second-order valence-electron chi connectivity index (χ2n) is 8.63. The Bertz CT molecular complexity index is 889. The summed E-state index contributed by atoms with van der Waals surface area (Å²) < 4.78 is 2.52. The summed E-state index contributed by atoms with van der Waals surface area (Å²) in [5, 5.41) is 6.39. The molecule has 0 bridgehead atoms. The number of carbonyl (C=O) groups excluding carboxylic acids is 1. The zero-order valence-corrected chi connectivity index (χ0v) is 18.7. The van der Waals surface area contributed by atoms with Crippen molar-refractivity contribution < 1.29 is 4.79 Å². The van der Waals surface area contributed by atoms with Crippen molar-refractivity contribution in [2.24, 2.45) is 0 Å². The van der Waals surface area contributed by atoms with Gasteiger partial charge in [0.2, 0.25) is 10.7 Å². The Labute approximate surface area is 178 Å². The number of aryl methyl sites for hydroxylation is 1. The van der Waals surface area contributed by atoms with Crippen LogP contribution in [-0.2, 0) is 23.3 Å². The average Bonchev–Trinajstić information content (AvgIpc) is 3.04. The lowest BCUT2D eigenvalue weighted by Gasteiger charge is -2.34. The molecule has 1 aliphatic heterocycles. The van der Waals surface area contributed by atoms with E-state index in [1.807, 2.05) is 22.9 Å². The van der Waals surface area contributed by atoms with Crippen molar-refractivity contribution in [2.75, 3.05) is 38.0 Å². The number of anilines is 1. The number of nitrogens with zero attached hydrogens (tertiary/aromatic N) is 4. The number of amides is 1. The first-order valence-corrected chi connectivity index (χ1v) is 10.7. The highest BCUT2D eigenvalue weighted by Crippen LogP contribution is 2.18. The summed E-state index contributed by atoms with van der Waals surface area (Å²) in [5.41, 5.74) is 2.03. The largest absolute Gasteiger partial charge is 0.325 e. The topological polar surface area (TPSA) is 69.2 Å². The minimum absolute atomic E-state index is 0.0463. The van der Waals surface area contributed by atoms with Crippen LogP contribution in [0.4, 0.5) is 5.69 Å². The van der Waals surface area contributed by atoms with Crippen LogP contribution in [0, 0.1) is 4.77 Å². The molecule has 3 rings (SSSR count). The molecule has 1 aromatic carbocycles. The van der Waals surface area contributed by atoms with Gasteiger partial charge in [0.1, 0.15) is 5.82 Å². The maximum Gasteiger partial charge on any atom is 0.238 e. The van der Waals surface area contributed by atoms with Crippen molar-refractivity contribution in [3.63, 3.8) is 0 Å². The third kappa shape index (κ3) is 5.74. The molecule has 0 unspecified atom stereocenters. The van der Waals surface area contributed by atoms with Crippen molar-refractivity contribution in [1.29, 1.82) is 0 Å². The van der Waals surface area contributed by atoms with Gasteiger partial charge < -0.3 is 5.32 Å². The van der Waals surface area contributed by atoms with Crippen LogP contribution >= 0.6 is 12.2 Å². The van der Waals surface area contributed by atoms with Crippen molar-refractivity contribution in [3.8, 4) is 0 Å². The van der Waals surface area contributed by atoms with E-state index in [1.165, 1.54) is 0 Å². The summed E-state index contributed by atoms with van der Waals surface area (Å²) in [6, 6.07) is 7.98. The maximum absolute atomic E-state index is 12.5.